The first-order chi connectivity index (χ1) is 17.9. The monoisotopic (exact) mass is 482 g/mol. The van der Waals surface area contributed by atoms with Crippen molar-refractivity contribution in [3.05, 3.63) is 130 Å². The van der Waals surface area contributed by atoms with Gasteiger partial charge in [0.25, 0.3) is 0 Å². The van der Waals surface area contributed by atoms with Crippen LogP contribution in [0.1, 0.15) is 52.6 Å². The Morgan fingerprint density at radius 2 is 0.676 bits per heavy atom. The van der Waals surface area contributed by atoms with Gasteiger partial charge in [0.15, 0.2) is 0 Å². The Morgan fingerprint density at radius 1 is 0.432 bits per heavy atom. The minimum absolute atomic E-state index is 0.216. The summed E-state index contributed by atoms with van der Waals surface area (Å²) in [6.07, 6.45) is 10.6. The normalized spacial score (nSPS) is 10.0. The second-order valence-electron chi connectivity index (χ2n) is 7.91. The van der Waals surface area contributed by atoms with E-state index in [1.54, 1.807) is 48.5 Å². The largest absolute Gasteiger partial charge is 0.457 e. The van der Waals surface area contributed by atoms with Crippen LogP contribution >= 0.6 is 0 Å². The lowest BCUT2D eigenvalue weighted by molar-refractivity contribution is 0.0817. The predicted molar refractivity (Wildman–Crippen MR) is 139 cm³/mol. The molecule has 5 heteroatoms. The molecule has 0 radical (unpaired) electrons. The van der Waals surface area contributed by atoms with Gasteiger partial charge < -0.3 is 4.74 Å². The number of carbonyl (C=O) groups excluding carboxylic acids is 4. The first-order valence-electron chi connectivity index (χ1n) is 11.1. The van der Waals surface area contributed by atoms with Crippen LogP contribution in [0.5, 0.6) is 11.5 Å². The van der Waals surface area contributed by atoms with Crippen LogP contribution in [0, 0.1) is 24.7 Å². The highest BCUT2D eigenvalue weighted by Gasteiger charge is 2.19. The molecule has 0 fully saturated rings. The maximum atomic E-state index is 12.6. The fraction of sp³-hybridized carbons (Fsp3) is 0. The van der Waals surface area contributed by atoms with Gasteiger partial charge in [-0.25, -0.2) is 0 Å². The number of ether oxygens (including phenoxy) is 1. The van der Waals surface area contributed by atoms with Gasteiger partial charge in [-0.15, -0.1) is 12.8 Å². The van der Waals surface area contributed by atoms with E-state index in [9.17, 15) is 19.2 Å². The zero-order chi connectivity index (χ0) is 26.4. The van der Waals surface area contributed by atoms with Gasteiger partial charge >= 0.3 is 0 Å². The van der Waals surface area contributed by atoms with E-state index in [0.29, 0.717) is 22.6 Å². The molecule has 4 aromatic carbocycles. The SMILES string of the molecule is C#Cc1ccc(C(=O)C(=O)c2ccc(Oc3ccc(C(=O)C(=O)c4ccc(C#C)cc4)cc3)cc2)cc1. The summed E-state index contributed by atoms with van der Waals surface area (Å²) in [5.74, 6) is 3.18. The molecule has 4 rings (SSSR count). The molecule has 0 aliphatic rings. The van der Waals surface area contributed by atoms with Crippen LogP contribution in [-0.4, -0.2) is 23.1 Å². The summed E-state index contributed by atoms with van der Waals surface area (Å²) in [5.41, 5.74) is 2.17. The molecule has 0 saturated heterocycles. The molecule has 0 unspecified atom stereocenters. The molecule has 0 bridgehead atoms. The second-order valence-corrected chi connectivity index (χ2v) is 7.91. The summed E-state index contributed by atoms with van der Waals surface area (Å²) in [7, 11) is 0. The first-order valence-corrected chi connectivity index (χ1v) is 11.1. The van der Waals surface area contributed by atoms with Crippen molar-refractivity contribution in [2.45, 2.75) is 0 Å². The molecule has 0 spiro atoms. The lowest BCUT2D eigenvalue weighted by Crippen LogP contribution is -2.14. The Hall–Kier alpha value is -5.52. The Kier molecular flexibility index (Phi) is 7.19. The van der Waals surface area contributed by atoms with Crippen molar-refractivity contribution in [3.63, 3.8) is 0 Å². The van der Waals surface area contributed by atoms with Crippen molar-refractivity contribution in [1.82, 2.24) is 0 Å². The Morgan fingerprint density at radius 3 is 0.919 bits per heavy atom. The van der Waals surface area contributed by atoms with E-state index < -0.39 is 23.1 Å². The van der Waals surface area contributed by atoms with Gasteiger partial charge in [0.05, 0.1) is 0 Å². The van der Waals surface area contributed by atoms with E-state index in [1.165, 1.54) is 48.5 Å². The van der Waals surface area contributed by atoms with Crippen molar-refractivity contribution in [2.75, 3.05) is 0 Å². The zero-order valence-electron chi connectivity index (χ0n) is 19.4. The minimum atomic E-state index is -0.651. The number of ketones is 4. The van der Waals surface area contributed by atoms with E-state index in [4.69, 9.17) is 17.6 Å². The van der Waals surface area contributed by atoms with Crippen LogP contribution < -0.4 is 4.74 Å². The molecule has 176 valence electrons. The van der Waals surface area contributed by atoms with Crippen molar-refractivity contribution < 1.29 is 23.9 Å². The van der Waals surface area contributed by atoms with Gasteiger partial charge in [0, 0.05) is 33.4 Å². The Balaban J connectivity index is 1.40. The number of Topliss-reactive ketones (excluding diaryl/α,β-unsaturated/α-hetero) is 4. The molecule has 0 saturated carbocycles. The lowest BCUT2D eigenvalue weighted by atomic mass is 10.0. The highest BCUT2D eigenvalue weighted by molar-refractivity contribution is 6.49. The smallest absolute Gasteiger partial charge is 0.233 e. The highest BCUT2D eigenvalue weighted by atomic mass is 16.5. The maximum absolute atomic E-state index is 12.6. The summed E-state index contributed by atoms with van der Waals surface area (Å²) in [4.78, 5) is 50.1. The van der Waals surface area contributed by atoms with Gasteiger partial charge in [-0.1, -0.05) is 11.8 Å². The average molecular weight is 482 g/mol. The van der Waals surface area contributed by atoms with Crippen LogP contribution in [0.15, 0.2) is 97.1 Å². The van der Waals surface area contributed by atoms with Crippen LogP contribution in [0.25, 0.3) is 0 Å². The summed E-state index contributed by atoms with van der Waals surface area (Å²) in [6, 6.07) is 24.7. The summed E-state index contributed by atoms with van der Waals surface area (Å²) < 4.78 is 5.76. The molecule has 5 nitrogen and oxygen atoms in total. The fourth-order valence-corrected chi connectivity index (χ4v) is 3.44. The van der Waals surface area contributed by atoms with Crippen LogP contribution in [0.3, 0.4) is 0 Å². The number of rotatable bonds is 8. The third-order valence-electron chi connectivity index (χ3n) is 5.51. The third-order valence-corrected chi connectivity index (χ3v) is 5.51. The molecule has 0 aromatic heterocycles. The fourth-order valence-electron chi connectivity index (χ4n) is 3.44. The molecule has 4 aromatic rings. The van der Waals surface area contributed by atoms with Gasteiger partial charge in [0.2, 0.25) is 23.1 Å². The first kappa shape index (κ1) is 24.6. The topological polar surface area (TPSA) is 77.5 Å². The van der Waals surface area contributed by atoms with E-state index in [1.807, 2.05) is 0 Å². The third kappa shape index (κ3) is 5.59. The van der Waals surface area contributed by atoms with Gasteiger partial charge in [-0.05, 0) is 97.1 Å². The summed E-state index contributed by atoms with van der Waals surface area (Å²) >= 11 is 0. The molecule has 0 amide bonds. The number of hydrogen-bond donors (Lipinski definition) is 0. The van der Waals surface area contributed by atoms with Crippen molar-refractivity contribution >= 4 is 23.1 Å². The molecular weight excluding hydrogens is 464 g/mol. The predicted octanol–water partition coefficient (Wildman–Crippen LogP) is 5.57. The number of benzene rings is 4. The Bertz CT molecular complexity index is 1450. The van der Waals surface area contributed by atoms with Crippen LogP contribution in [0.2, 0.25) is 0 Å². The molecule has 37 heavy (non-hydrogen) atoms. The van der Waals surface area contributed by atoms with Crippen LogP contribution in [-0.2, 0) is 0 Å². The van der Waals surface area contributed by atoms with Crippen molar-refractivity contribution in [1.29, 1.82) is 0 Å². The number of terminal acetylenes is 2. The molecular formula is C32H18O5. The van der Waals surface area contributed by atoms with Gasteiger partial charge in [-0.2, -0.15) is 0 Å². The minimum Gasteiger partial charge on any atom is -0.457 e. The van der Waals surface area contributed by atoms with Crippen LogP contribution in [0.4, 0.5) is 0 Å². The second kappa shape index (κ2) is 10.8. The van der Waals surface area contributed by atoms with Gasteiger partial charge in [0.1, 0.15) is 11.5 Å². The highest BCUT2D eigenvalue weighted by Crippen LogP contribution is 2.23. The molecule has 0 heterocycles. The van der Waals surface area contributed by atoms with E-state index >= 15 is 0 Å². The quantitative estimate of drug-likeness (QED) is 0.186. The Labute approximate surface area is 213 Å². The van der Waals surface area contributed by atoms with Crippen molar-refractivity contribution in [2.24, 2.45) is 0 Å². The summed E-state index contributed by atoms with van der Waals surface area (Å²) in [6.45, 7) is 0. The molecule has 0 atom stereocenters. The standard InChI is InChI=1S/C32H18O5/c1-3-21-5-9-23(10-6-21)29(33)31(35)25-13-17-27(18-14-25)37-28-19-15-26(16-20-28)32(36)30(34)24-11-7-22(4-2)8-12-24/h1-2,5-20H. The molecule has 0 aliphatic heterocycles. The number of hydrogen-bond acceptors (Lipinski definition) is 5. The molecule has 0 aliphatic carbocycles. The summed E-state index contributed by atoms with van der Waals surface area (Å²) in [5, 5.41) is 0. The van der Waals surface area contributed by atoms with E-state index in [0.717, 1.165) is 0 Å². The van der Waals surface area contributed by atoms with Crippen molar-refractivity contribution in [3.8, 4) is 36.2 Å². The van der Waals surface area contributed by atoms with E-state index in [2.05, 4.69) is 11.8 Å². The molecule has 0 N–H and O–H groups in total. The van der Waals surface area contributed by atoms with E-state index in [-0.39, 0.29) is 22.3 Å². The van der Waals surface area contributed by atoms with Gasteiger partial charge in [-0.3, -0.25) is 19.2 Å². The lowest BCUT2D eigenvalue weighted by Gasteiger charge is -2.08. The number of carbonyl (C=O) groups is 4. The average Bonchev–Trinajstić information content (AvgIpc) is 2.96. The zero-order valence-corrected chi connectivity index (χ0v) is 19.4. The maximum Gasteiger partial charge on any atom is 0.233 e.